The highest BCUT2D eigenvalue weighted by Crippen LogP contribution is 2.24. The van der Waals surface area contributed by atoms with Gasteiger partial charge in [0.25, 0.3) is 0 Å². The highest BCUT2D eigenvalue weighted by atomic mass is 32.1. The minimum Gasteiger partial charge on any atom is -0.378 e. The summed E-state index contributed by atoms with van der Waals surface area (Å²) in [7, 11) is 0. The van der Waals surface area contributed by atoms with Crippen molar-refractivity contribution in [3.05, 3.63) is 40.7 Å². The lowest BCUT2D eigenvalue weighted by Crippen LogP contribution is -2.36. The maximum absolute atomic E-state index is 8.73. The molecule has 0 unspecified atom stereocenters. The average Bonchev–Trinajstić information content (AvgIpc) is 3.03. The van der Waals surface area contributed by atoms with Crippen molar-refractivity contribution in [2.45, 2.75) is 0 Å². The molecule has 0 bridgehead atoms. The van der Waals surface area contributed by atoms with Gasteiger partial charge in [0.15, 0.2) is 5.13 Å². The summed E-state index contributed by atoms with van der Waals surface area (Å²) in [4.78, 5) is 12.0. The number of nitriles is 1. The van der Waals surface area contributed by atoms with Crippen LogP contribution in [0.5, 0.6) is 0 Å². The molecule has 0 atom stereocenters. The van der Waals surface area contributed by atoms with E-state index in [1.54, 1.807) is 23.6 Å². The van der Waals surface area contributed by atoms with Crippen molar-refractivity contribution in [2.75, 3.05) is 31.2 Å². The van der Waals surface area contributed by atoms with Crippen LogP contribution < -0.4 is 4.90 Å². The second-order valence-corrected chi connectivity index (χ2v) is 5.60. The fourth-order valence-electron chi connectivity index (χ4n) is 1.99. The maximum atomic E-state index is 8.73. The van der Waals surface area contributed by atoms with E-state index in [0.29, 0.717) is 5.56 Å². The van der Waals surface area contributed by atoms with Gasteiger partial charge in [0.1, 0.15) is 6.07 Å². The molecule has 21 heavy (non-hydrogen) atoms. The van der Waals surface area contributed by atoms with Crippen LogP contribution in [-0.2, 0) is 4.74 Å². The highest BCUT2D eigenvalue weighted by molar-refractivity contribution is 7.16. The Bertz CT molecular complexity index is 666. The number of hydrogen-bond donors (Lipinski definition) is 0. The summed E-state index contributed by atoms with van der Waals surface area (Å²) < 4.78 is 5.34. The first-order valence-electron chi connectivity index (χ1n) is 6.68. The van der Waals surface area contributed by atoms with E-state index in [1.165, 1.54) is 0 Å². The minimum absolute atomic E-state index is 0.569. The number of pyridine rings is 1. The largest absolute Gasteiger partial charge is 0.378 e. The van der Waals surface area contributed by atoms with E-state index in [4.69, 9.17) is 10.00 Å². The van der Waals surface area contributed by atoms with Gasteiger partial charge in [0, 0.05) is 30.4 Å². The first-order valence-corrected chi connectivity index (χ1v) is 7.49. The molecule has 1 aliphatic rings. The smallest absolute Gasteiger partial charge is 0.185 e. The Labute approximate surface area is 127 Å². The van der Waals surface area contributed by atoms with E-state index in [-0.39, 0.29) is 0 Å². The third-order valence-corrected chi connectivity index (χ3v) is 4.15. The van der Waals surface area contributed by atoms with E-state index in [2.05, 4.69) is 20.9 Å². The number of anilines is 1. The van der Waals surface area contributed by atoms with Crippen LogP contribution in [0.2, 0.25) is 0 Å². The standard InChI is InChI=1S/C15H14N4OS/c16-9-12-1-2-13(17-10-12)3-4-14-11-18-15(21-14)19-5-7-20-8-6-19/h1-4,10-11H,5-8H2/b4-3+. The van der Waals surface area contributed by atoms with Crippen LogP contribution in [0.15, 0.2) is 24.5 Å². The summed E-state index contributed by atoms with van der Waals surface area (Å²) in [5, 5.41) is 9.77. The predicted molar refractivity (Wildman–Crippen MR) is 83.0 cm³/mol. The summed E-state index contributed by atoms with van der Waals surface area (Å²) >= 11 is 1.66. The molecule has 0 saturated carbocycles. The molecule has 0 amide bonds. The fraction of sp³-hybridized carbons (Fsp3) is 0.267. The zero-order valence-corrected chi connectivity index (χ0v) is 12.2. The molecule has 6 heteroatoms. The van der Waals surface area contributed by atoms with E-state index in [0.717, 1.165) is 42.0 Å². The molecule has 3 heterocycles. The van der Waals surface area contributed by atoms with Crippen LogP contribution in [0.1, 0.15) is 16.1 Å². The van der Waals surface area contributed by atoms with Crippen molar-refractivity contribution < 1.29 is 4.74 Å². The van der Waals surface area contributed by atoms with Crippen LogP contribution in [0.4, 0.5) is 5.13 Å². The summed E-state index contributed by atoms with van der Waals surface area (Å²) in [6.45, 7) is 3.32. The van der Waals surface area contributed by atoms with Crippen molar-refractivity contribution in [2.24, 2.45) is 0 Å². The van der Waals surface area contributed by atoms with Crippen LogP contribution in [0.25, 0.3) is 12.2 Å². The molecule has 0 aliphatic carbocycles. The van der Waals surface area contributed by atoms with Gasteiger partial charge >= 0.3 is 0 Å². The number of aromatic nitrogens is 2. The first kappa shape index (κ1) is 13.7. The third-order valence-electron chi connectivity index (χ3n) is 3.13. The molecule has 2 aromatic heterocycles. The predicted octanol–water partition coefficient (Wildman–Crippen LogP) is 2.42. The molecule has 1 aliphatic heterocycles. The normalized spacial score (nSPS) is 15.3. The molecule has 2 aromatic rings. The van der Waals surface area contributed by atoms with Crippen molar-refractivity contribution in [3.8, 4) is 6.07 Å². The molecular formula is C15H14N4OS. The fourth-order valence-corrected chi connectivity index (χ4v) is 2.86. The summed E-state index contributed by atoms with van der Waals surface area (Å²) in [5.41, 5.74) is 1.40. The number of ether oxygens (including phenoxy) is 1. The molecule has 0 spiro atoms. The number of thiazole rings is 1. The molecule has 1 fully saturated rings. The number of rotatable bonds is 3. The first-order chi connectivity index (χ1) is 10.3. The van der Waals surface area contributed by atoms with Crippen LogP contribution in [-0.4, -0.2) is 36.3 Å². The average molecular weight is 298 g/mol. The Hall–Kier alpha value is -2.23. The molecule has 5 nitrogen and oxygen atoms in total. The van der Waals surface area contributed by atoms with Gasteiger partial charge in [0.05, 0.1) is 24.5 Å². The van der Waals surface area contributed by atoms with Crippen LogP contribution >= 0.6 is 11.3 Å². The van der Waals surface area contributed by atoms with Crippen molar-refractivity contribution in [3.63, 3.8) is 0 Å². The highest BCUT2D eigenvalue weighted by Gasteiger charge is 2.13. The van der Waals surface area contributed by atoms with E-state index >= 15 is 0 Å². The third kappa shape index (κ3) is 3.45. The Kier molecular flexibility index (Phi) is 4.24. The molecule has 0 N–H and O–H groups in total. The van der Waals surface area contributed by atoms with Crippen molar-refractivity contribution >= 4 is 28.6 Å². The Balaban J connectivity index is 1.68. The van der Waals surface area contributed by atoms with E-state index in [1.807, 2.05) is 24.4 Å². The lowest BCUT2D eigenvalue weighted by Gasteiger charge is -2.25. The molecule has 0 aromatic carbocycles. The van der Waals surface area contributed by atoms with Gasteiger partial charge in [-0.15, -0.1) is 0 Å². The summed E-state index contributed by atoms with van der Waals surface area (Å²) in [5.74, 6) is 0. The molecule has 1 saturated heterocycles. The lowest BCUT2D eigenvalue weighted by atomic mass is 10.2. The summed E-state index contributed by atoms with van der Waals surface area (Å²) in [6, 6.07) is 5.65. The Morgan fingerprint density at radius 2 is 2.05 bits per heavy atom. The SMILES string of the molecule is N#Cc1ccc(/C=C/c2cnc(N3CCOCC3)s2)nc1. The molecule has 3 rings (SSSR count). The number of nitrogens with zero attached hydrogens (tertiary/aromatic N) is 4. The summed E-state index contributed by atoms with van der Waals surface area (Å²) in [6.07, 6.45) is 7.37. The quantitative estimate of drug-likeness (QED) is 0.871. The monoisotopic (exact) mass is 298 g/mol. The molecule has 0 radical (unpaired) electrons. The second-order valence-electron chi connectivity index (χ2n) is 4.56. The molecular weight excluding hydrogens is 284 g/mol. The van der Waals surface area contributed by atoms with Crippen LogP contribution in [0.3, 0.4) is 0 Å². The zero-order chi connectivity index (χ0) is 14.5. The Morgan fingerprint density at radius 1 is 1.19 bits per heavy atom. The second kappa shape index (κ2) is 6.48. The van der Waals surface area contributed by atoms with Crippen molar-refractivity contribution in [1.29, 1.82) is 5.26 Å². The van der Waals surface area contributed by atoms with Gasteiger partial charge < -0.3 is 9.64 Å². The van der Waals surface area contributed by atoms with Gasteiger partial charge in [-0.2, -0.15) is 5.26 Å². The topological polar surface area (TPSA) is 62.0 Å². The maximum Gasteiger partial charge on any atom is 0.185 e. The van der Waals surface area contributed by atoms with Gasteiger partial charge in [-0.25, -0.2) is 4.98 Å². The lowest BCUT2D eigenvalue weighted by molar-refractivity contribution is 0.122. The van der Waals surface area contributed by atoms with E-state index in [9.17, 15) is 0 Å². The van der Waals surface area contributed by atoms with E-state index < -0.39 is 0 Å². The van der Waals surface area contributed by atoms with Gasteiger partial charge in [-0.05, 0) is 24.3 Å². The number of morpholine rings is 1. The zero-order valence-electron chi connectivity index (χ0n) is 11.4. The molecule has 106 valence electrons. The Morgan fingerprint density at radius 3 is 2.76 bits per heavy atom. The minimum atomic E-state index is 0.569. The number of hydrogen-bond acceptors (Lipinski definition) is 6. The van der Waals surface area contributed by atoms with Gasteiger partial charge in [-0.1, -0.05) is 11.3 Å². The van der Waals surface area contributed by atoms with Crippen LogP contribution in [0, 0.1) is 11.3 Å². The van der Waals surface area contributed by atoms with Gasteiger partial charge in [0.2, 0.25) is 0 Å². The van der Waals surface area contributed by atoms with Gasteiger partial charge in [-0.3, -0.25) is 4.98 Å². The van der Waals surface area contributed by atoms with Crippen molar-refractivity contribution in [1.82, 2.24) is 9.97 Å².